The summed E-state index contributed by atoms with van der Waals surface area (Å²) in [5.74, 6) is -0.831. The maximum atomic E-state index is 11.0. The minimum Gasteiger partial charge on any atom is -0.507 e. The Kier molecular flexibility index (Phi) is 2.50. The number of hydrogen-bond donors (Lipinski definition) is 1. The molecule has 0 heterocycles. The number of nitrogens with zero attached hydrogens (tertiary/aromatic N) is 1. The highest BCUT2D eigenvalue weighted by atomic mass is 16.5. The Morgan fingerprint density at radius 3 is 2.85 bits per heavy atom. The van der Waals surface area contributed by atoms with Crippen LogP contribution < -0.4 is 0 Å². The molecule has 0 aliphatic carbocycles. The van der Waals surface area contributed by atoms with E-state index in [9.17, 15) is 9.90 Å². The third-order valence-electron chi connectivity index (χ3n) is 1.51. The van der Waals surface area contributed by atoms with Gasteiger partial charge >= 0.3 is 5.97 Å². The van der Waals surface area contributed by atoms with Crippen LogP contribution in [0.15, 0.2) is 18.2 Å². The van der Waals surface area contributed by atoms with Crippen LogP contribution in [-0.4, -0.2) is 18.2 Å². The van der Waals surface area contributed by atoms with E-state index in [0.717, 1.165) is 0 Å². The monoisotopic (exact) mass is 177 g/mol. The second-order valence-corrected chi connectivity index (χ2v) is 2.30. The smallest absolute Gasteiger partial charge is 0.340 e. The summed E-state index contributed by atoms with van der Waals surface area (Å²) < 4.78 is 4.41. The number of hydrogen-bond acceptors (Lipinski definition) is 3. The third-order valence-corrected chi connectivity index (χ3v) is 1.51. The number of phenols is 1. The van der Waals surface area contributed by atoms with Crippen LogP contribution in [0.25, 0.3) is 4.85 Å². The zero-order valence-corrected chi connectivity index (χ0v) is 6.94. The van der Waals surface area contributed by atoms with Crippen molar-refractivity contribution in [2.24, 2.45) is 0 Å². The number of ether oxygens (including phenoxy) is 1. The van der Waals surface area contributed by atoms with Crippen molar-refractivity contribution in [1.29, 1.82) is 0 Å². The Labute approximate surface area is 75.2 Å². The van der Waals surface area contributed by atoms with Gasteiger partial charge in [-0.15, -0.1) is 0 Å². The van der Waals surface area contributed by atoms with Crippen molar-refractivity contribution >= 4 is 11.7 Å². The summed E-state index contributed by atoms with van der Waals surface area (Å²) in [4.78, 5) is 14.1. The number of rotatable bonds is 1. The van der Waals surface area contributed by atoms with Crippen LogP contribution in [-0.2, 0) is 4.74 Å². The van der Waals surface area contributed by atoms with Gasteiger partial charge in [-0.05, 0) is 12.1 Å². The second kappa shape index (κ2) is 3.59. The number of phenolic OH excluding ortho intramolecular Hbond substituents is 1. The molecule has 0 fully saturated rings. The maximum absolute atomic E-state index is 11.0. The van der Waals surface area contributed by atoms with Crippen molar-refractivity contribution in [2.45, 2.75) is 0 Å². The largest absolute Gasteiger partial charge is 0.507 e. The van der Waals surface area contributed by atoms with Crippen LogP contribution in [0.2, 0.25) is 0 Å². The molecular formula is C9H7NO3. The fourth-order valence-electron chi connectivity index (χ4n) is 0.867. The lowest BCUT2D eigenvalue weighted by atomic mass is 10.2. The molecule has 0 radical (unpaired) electrons. The minimum atomic E-state index is -0.650. The number of esters is 1. The molecule has 66 valence electrons. The van der Waals surface area contributed by atoms with Crippen LogP contribution in [0.4, 0.5) is 5.69 Å². The first kappa shape index (κ1) is 9.07. The van der Waals surface area contributed by atoms with Gasteiger partial charge in [0, 0.05) is 0 Å². The minimum absolute atomic E-state index is 0.0102. The molecular weight excluding hydrogens is 170 g/mol. The molecule has 0 aliphatic rings. The SMILES string of the molecule is [C-]#[N+]c1ccc(O)c(C(=O)OC)c1. The van der Waals surface area contributed by atoms with Gasteiger partial charge < -0.3 is 9.84 Å². The van der Waals surface area contributed by atoms with Gasteiger partial charge in [0.1, 0.15) is 5.75 Å². The molecule has 0 saturated heterocycles. The maximum Gasteiger partial charge on any atom is 0.340 e. The Morgan fingerprint density at radius 1 is 1.62 bits per heavy atom. The molecule has 13 heavy (non-hydrogen) atoms. The van der Waals surface area contributed by atoms with E-state index in [2.05, 4.69) is 9.58 Å². The van der Waals surface area contributed by atoms with Gasteiger partial charge in [0.2, 0.25) is 0 Å². The highest BCUT2D eigenvalue weighted by Crippen LogP contribution is 2.23. The molecule has 1 rings (SSSR count). The Balaban J connectivity index is 3.20. The average Bonchev–Trinajstić information content (AvgIpc) is 2.17. The standard InChI is InChI=1S/C9H7NO3/c1-10-6-3-4-8(11)7(5-6)9(12)13-2/h3-5,11H,2H3. The van der Waals surface area contributed by atoms with E-state index >= 15 is 0 Å². The summed E-state index contributed by atoms with van der Waals surface area (Å²) in [5, 5.41) is 9.23. The van der Waals surface area contributed by atoms with E-state index in [1.54, 1.807) is 0 Å². The van der Waals surface area contributed by atoms with Crippen LogP contribution in [0.3, 0.4) is 0 Å². The lowest BCUT2D eigenvalue weighted by molar-refractivity contribution is 0.0597. The molecule has 1 N–H and O–H groups in total. The topological polar surface area (TPSA) is 50.9 Å². The zero-order valence-electron chi connectivity index (χ0n) is 6.94. The van der Waals surface area contributed by atoms with Crippen molar-refractivity contribution in [1.82, 2.24) is 0 Å². The number of carbonyl (C=O) groups is 1. The van der Waals surface area contributed by atoms with Crippen LogP contribution in [0, 0.1) is 6.57 Å². The van der Waals surface area contributed by atoms with Gasteiger partial charge in [-0.3, -0.25) is 0 Å². The molecule has 1 aromatic rings. The molecule has 0 atom stereocenters. The highest BCUT2D eigenvalue weighted by molar-refractivity contribution is 5.93. The van der Waals surface area contributed by atoms with Gasteiger partial charge in [-0.2, -0.15) is 0 Å². The average molecular weight is 177 g/mol. The molecule has 4 nitrogen and oxygen atoms in total. The van der Waals surface area contributed by atoms with Crippen LogP contribution in [0.1, 0.15) is 10.4 Å². The number of benzene rings is 1. The summed E-state index contributed by atoms with van der Waals surface area (Å²) in [7, 11) is 1.21. The summed E-state index contributed by atoms with van der Waals surface area (Å²) in [6, 6.07) is 4.00. The normalized spacial score (nSPS) is 8.92. The van der Waals surface area contributed by atoms with Crippen molar-refractivity contribution < 1.29 is 14.6 Å². The molecule has 1 aromatic carbocycles. The Bertz CT molecular complexity index is 379. The molecule has 0 bridgehead atoms. The number of aromatic hydroxyl groups is 1. The Hall–Kier alpha value is -2.02. The first-order valence-electron chi connectivity index (χ1n) is 3.48. The van der Waals surface area contributed by atoms with Crippen molar-refractivity contribution in [2.75, 3.05) is 7.11 Å². The van der Waals surface area contributed by atoms with Crippen molar-refractivity contribution in [3.8, 4) is 5.75 Å². The molecule has 0 amide bonds. The fourth-order valence-corrected chi connectivity index (χ4v) is 0.867. The third kappa shape index (κ3) is 1.76. The summed E-state index contributed by atoms with van der Waals surface area (Å²) in [5.41, 5.74) is 0.300. The lowest BCUT2D eigenvalue weighted by Gasteiger charge is -2.01. The van der Waals surface area contributed by atoms with Crippen molar-refractivity contribution in [3.05, 3.63) is 35.2 Å². The Morgan fingerprint density at radius 2 is 2.31 bits per heavy atom. The first-order valence-corrected chi connectivity index (χ1v) is 3.48. The summed E-state index contributed by atoms with van der Waals surface area (Å²) in [6.07, 6.45) is 0. The number of methoxy groups -OCH3 is 1. The molecule has 0 aromatic heterocycles. The molecule has 4 heteroatoms. The van der Waals surface area contributed by atoms with Crippen LogP contribution >= 0.6 is 0 Å². The van der Waals surface area contributed by atoms with Gasteiger partial charge in [-0.25, -0.2) is 9.64 Å². The van der Waals surface area contributed by atoms with E-state index in [-0.39, 0.29) is 11.3 Å². The van der Waals surface area contributed by atoms with Gasteiger partial charge in [0.05, 0.1) is 19.2 Å². The van der Waals surface area contributed by atoms with Crippen LogP contribution in [0.5, 0.6) is 5.75 Å². The highest BCUT2D eigenvalue weighted by Gasteiger charge is 2.11. The van der Waals surface area contributed by atoms with E-state index in [1.165, 1.54) is 25.3 Å². The predicted octanol–water partition coefficient (Wildman–Crippen LogP) is 1.73. The quantitative estimate of drug-likeness (QED) is 0.525. The van der Waals surface area contributed by atoms with E-state index in [0.29, 0.717) is 5.69 Å². The van der Waals surface area contributed by atoms with Gasteiger partial charge in [0.25, 0.3) is 0 Å². The van der Waals surface area contributed by atoms with E-state index in [1.807, 2.05) is 0 Å². The summed E-state index contributed by atoms with van der Waals surface area (Å²) in [6.45, 7) is 6.70. The fraction of sp³-hybridized carbons (Fsp3) is 0.111. The molecule has 0 aliphatic heterocycles. The number of carbonyl (C=O) groups excluding carboxylic acids is 1. The zero-order chi connectivity index (χ0) is 9.84. The first-order chi connectivity index (χ1) is 6.19. The molecule has 0 saturated carbocycles. The van der Waals surface area contributed by atoms with Gasteiger partial charge in [-0.1, -0.05) is 6.07 Å². The molecule has 0 spiro atoms. The second-order valence-electron chi connectivity index (χ2n) is 2.30. The lowest BCUT2D eigenvalue weighted by Crippen LogP contribution is -2.00. The van der Waals surface area contributed by atoms with E-state index < -0.39 is 5.97 Å². The van der Waals surface area contributed by atoms with Crippen molar-refractivity contribution in [3.63, 3.8) is 0 Å². The summed E-state index contributed by atoms with van der Waals surface area (Å²) >= 11 is 0. The van der Waals surface area contributed by atoms with Gasteiger partial charge in [0.15, 0.2) is 5.69 Å². The van der Waals surface area contributed by atoms with E-state index in [4.69, 9.17) is 6.57 Å². The predicted molar refractivity (Wildman–Crippen MR) is 45.7 cm³/mol. The molecule has 0 unspecified atom stereocenters.